The minimum Gasteiger partial charge on any atom is -0.324 e. The lowest BCUT2D eigenvalue weighted by molar-refractivity contribution is -0.120. The number of carbonyl (C=O) groups is 2. The molecule has 1 aliphatic heterocycles. The van der Waals surface area contributed by atoms with Crippen molar-refractivity contribution in [2.24, 2.45) is 0 Å². The first-order chi connectivity index (χ1) is 12.7. The van der Waals surface area contributed by atoms with Gasteiger partial charge in [0.1, 0.15) is 15.9 Å². The Hall–Kier alpha value is -2.19. The monoisotopic (exact) mass is 450 g/mol. The standard InChI is InChI=1S/C19H19BrN2O4S/c1-27(25,26)11-10-17(18(23)21-15-8-6-14(20)7-9-15)22-12-13-4-2-3-5-16(13)19(22)24/h2-9,17H,10-12H2,1H3,(H,21,23)/t17-/m0/s1. The summed E-state index contributed by atoms with van der Waals surface area (Å²) in [4.78, 5) is 27.1. The molecule has 1 atom stereocenters. The van der Waals surface area contributed by atoms with Crippen molar-refractivity contribution in [3.63, 3.8) is 0 Å². The van der Waals surface area contributed by atoms with Gasteiger partial charge < -0.3 is 10.2 Å². The van der Waals surface area contributed by atoms with E-state index in [2.05, 4.69) is 21.2 Å². The minimum atomic E-state index is -3.27. The number of rotatable bonds is 6. The number of sulfone groups is 1. The van der Waals surface area contributed by atoms with E-state index in [1.165, 1.54) is 4.90 Å². The first kappa shape index (κ1) is 19.6. The predicted molar refractivity (Wildman–Crippen MR) is 107 cm³/mol. The first-order valence-electron chi connectivity index (χ1n) is 8.37. The van der Waals surface area contributed by atoms with E-state index < -0.39 is 21.8 Å². The third-order valence-electron chi connectivity index (χ3n) is 4.40. The molecule has 2 aromatic rings. The van der Waals surface area contributed by atoms with E-state index >= 15 is 0 Å². The molecule has 0 saturated heterocycles. The Kier molecular flexibility index (Phi) is 5.67. The molecule has 2 aromatic carbocycles. The van der Waals surface area contributed by atoms with E-state index in [1.807, 2.05) is 12.1 Å². The van der Waals surface area contributed by atoms with Crippen LogP contribution in [0.25, 0.3) is 0 Å². The van der Waals surface area contributed by atoms with E-state index in [1.54, 1.807) is 36.4 Å². The van der Waals surface area contributed by atoms with Crippen LogP contribution in [0.4, 0.5) is 5.69 Å². The van der Waals surface area contributed by atoms with Crippen LogP contribution in [0, 0.1) is 0 Å². The number of hydrogen-bond acceptors (Lipinski definition) is 4. The summed E-state index contributed by atoms with van der Waals surface area (Å²) < 4.78 is 24.1. The Balaban J connectivity index is 1.84. The van der Waals surface area contributed by atoms with Crippen LogP contribution < -0.4 is 5.32 Å². The maximum atomic E-state index is 12.9. The van der Waals surface area contributed by atoms with Gasteiger partial charge in [0.15, 0.2) is 0 Å². The summed E-state index contributed by atoms with van der Waals surface area (Å²) in [5.41, 5.74) is 1.97. The molecule has 0 unspecified atom stereocenters. The van der Waals surface area contributed by atoms with Crippen molar-refractivity contribution in [2.45, 2.75) is 19.0 Å². The molecule has 8 heteroatoms. The summed E-state index contributed by atoms with van der Waals surface area (Å²) in [6, 6.07) is 13.3. The second kappa shape index (κ2) is 7.82. The highest BCUT2D eigenvalue weighted by molar-refractivity contribution is 9.10. The zero-order valence-electron chi connectivity index (χ0n) is 14.7. The van der Waals surface area contributed by atoms with Crippen LogP contribution in [-0.2, 0) is 21.2 Å². The summed E-state index contributed by atoms with van der Waals surface area (Å²) >= 11 is 3.33. The van der Waals surface area contributed by atoms with E-state index in [0.717, 1.165) is 16.3 Å². The maximum absolute atomic E-state index is 12.9. The lowest BCUT2D eigenvalue weighted by atomic mass is 10.1. The molecule has 1 N–H and O–H groups in total. The van der Waals surface area contributed by atoms with Crippen molar-refractivity contribution in [1.82, 2.24) is 4.90 Å². The zero-order chi connectivity index (χ0) is 19.6. The van der Waals surface area contributed by atoms with Crippen LogP contribution in [0.1, 0.15) is 22.3 Å². The van der Waals surface area contributed by atoms with Gasteiger partial charge in [0.2, 0.25) is 5.91 Å². The molecular formula is C19H19BrN2O4S. The molecule has 2 amide bonds. The largest absolute Gasteiger partial charge is 0.324 e. The number of fused-ring (bicyclic) bond motifs is 1. The summed E-state index contributed by atoms with van der Waals surface area (Å²) in [5.74, 6) is -0.830. The number of hydrogen-bond donors (Lipinski definition) is 1. The fraction of sp³-hybridized carbons (Fsp3) is 0.263. The molecule has 1 heterocycles. The number of amides is 2. The number of carbonyl (C=O) groups excluding carboxylic acids is 2. The van der Waals surface area contributed by atoms with Crippen LogP contribution in [0.3, 0.4) is 0 Å². The molecule has 0 spiro atoms. The van der Waals surface area contributed by atoms with Gasteiger partial charge in [-0.2, -0.15) is 0 Å². The fourth-order valence-electron chi connectivity index (χ4n) is 3.04. The lowest BCUT2D eigenvalue weighted by Gasteiger charge is -2.26. The molecular weight excluding hydrogens is 432 g/mol. The molecule has 1 aliphatic rings. The number of anilines is 1. The van der Waals surface area contributed by atoms with Gasteiger partial charge in [0.05, 0.1) is 5.75 Å². The smallest absolute Gasteiger partial charge is 0.255 e. The normalized spacial score (nSPS) is 14.7. The van der Waals surface area contributed by atoms with Crippen molar-refractivity contribution in [3.8, 4) is 0 Å². The average Bonchev–Trinajstić information content (AvgIpc) is 2.93. The van der Waals surface area contributed by atoms with E-state index in [-0.39, 0.29) is 24.6 Å². The number of benzene rings is 2. The molecule has 0 aromatic heterocycles. The summed E-state index contributed by atoms with van der Waals surface area (Å²) in [7, 11) is -3.27. The molecule has 6 nitrogen and oxygen atoms in total. The topological polar surface area (TPSA) is 83.6 Å². The van der Waals surface area contributed by atoms with E-state index in [0.29, 0.717) is 11.3 Å². The van der Waals surface area contributed by atoms with Crippen LogP contribution >= 0.6 is 15.9 Å². The van der Waals surface area contributed by atoms with Gasteiger partial charge in [-0.25, -0.2) is 8.42 Å². The third kappa shape index (κ3) is 4.75. The van der Waals surface area contributed by atoms with Crippen LogP contribution in [-0.4, -0.2) is 43.2 Å². The molecule has 0 bridgehead atoms. The molecule has 0 fully saturated rings. The Morgan fingerprint density at radius 1 is 1.19 bits per heavy atom. The highest BCUT2D eigenvalue weighted by Gasteiger charge is 2.36. The van der Waals surface area contributed by atoms with Crippen LogP contribution in [0.15, 0.2) is 53.0 Å². The summed E-state index contributed by atoms with van der Waals surface area (Å²) in [5, 5.41) is 2.78. The molecule has 0 radical (unpaired) electrons. The Labute approximate surface area is 166 Å². The second-order valence-corrected chi connectivity index (χ2v) is 9.70. The number of halogens is 1. The predicted octanol–water partition coefficient (Wildman–Crippen LogP) is 2.85. The second-order valence-electron chi connectivity index (χ2n) is 6.52. The van der Waals surface area contributed by atoms with Crippen molar-refractivity contribution >= 4 is 43.3 Å². The quantitative estimate of drug-likeness (QED) is 0.732. The summed E-state index contributed by atoms with van der Waals surface area (Å²) in [6.07, 6.45) is 1.16. The van der Waals surface area contributed by atoms with E-state index in [9.17, 15) is 18.0 Å². The molecule has 142 valence electrons. The third-order valence-corrected chi connectivity index (χ3v) is 5.91. The molecule has 27 heavy (non-hydrogen) atoms. The molecule has 0 aliphatic carbocycles. The first-order valence-corrected chi connectivity index (χ1v) is 11.2. The summed E-state index contributed by atoms with van der Waals surface area (Å²) in [6.45, 7) is 0.289. The van der Waals surface area contributed by atoms with Gasteiger partial charge in [0, 0.05) is 28.5 Å². The van der Waals surface area contributed by atoms with Gasteiger partial charge in [-0.05, 0) is 42.3 Å². The van der Waals surface area contributed by atoms with Crippen molar-refractivity contribution in [1.29, 1.82) is 0 Å². The Morgan fingerprint density at radius 3 is 2.48 bits per heavy atom. The van der Waals surface area contributed by atoms with Crippen LogP contribution in [0.2, 0.25) is 0 Å². The fourth-order valence-corrected chi connectivity index (χ4v) is 3.96. The molecule has 0 saturated carbocycles. The average molecular weight is 451 g/mol. The van der Waals surface area contributed by atoms with Crippen molar-refractivity contribution in [2.75, 3.05) is 17.3 Å². The maximum Gasteiger partial charge on any atom is 0.255 e. The van der Waals surface area contributed by atoms with Gasteiger partial charge in [-0.3, -0.25) is 9.59 Å². The SMILES string of the molecule is CS(=O)(=O)CC[C@@H](C(=O)Nc1ccc(Br)cc1)N1Cc2ccccc2C1=O. The van der Waals surface area contributed by atoms with Crippen molar-refractivity contribution in [3.05, 3.63) is 64.1 Å². The van der Waals surface area contributed by atoms with Gasteiger partial charge >= 0.3 is 0 Å². The highest BCUT2D eigenvalue weighted by atomic mass is 79.9. The highest BCUT2D eigenvalue weighted by Crippen LogP contribution is 2.26. The number of nitrogens with one attached hydrogen (secondary N) is 1. The Bertz CT molecular complexity index is 973. The lowest BCUT2D eigenvalue weighted by Crippen LogP contribution is -2.45. The van der Waals surface area contributed by atoms with E-state index in [4.69, 9.17) is 0 Å². The zero-order valence-corrected chi connectivity index (χ0v) is 17.1. The Morgan fingerprint density at radius 2 is 1.85 bits per heavy atom. The van der Waals surface area contributed by atoms with Gasteiger partial charge in [-0.15, -0.1) is 0 Å². The van der Waals surface area contributed by atoms with Crippen molar-refractivity contribution < 1.29 is 18.0 Å². The number of nitrogens with zero attached hydrogens (tertiary/aromatic N) is 1. The molecule has 3 rings (SSSR count). The van der Waals surface area contributed by atoms with Gasteiger partial charge in [0.25, 0.3) is 5.91 Å². The van der Waals surface area contributed by atoms with Crippen LogP contribution in [0.5, 0.6) is 0 Å². The van der Waals surface area contributed by atoms with Gasteiger partial charge in [-0.1, -0.05) is 34.1 Å². The minimum absolute atomic E-state index is 0.0426.